The molecule has 2 aromatic heterocycles. The summed E-state index contributed by atoms with van der Waals surface area (Å²) in [4.78, 5) is 15.0. The Morgan fingerprint density at radius 2 is 1.00 bits per heavy atom. The van der Waals surface area contributed by atoms with Gasteiger partial charge in [-0.15, -0.1) is 0 Å². The van der Waals surface area contributed by atoms with Crippen LogP contribution < -0.4 is 0 Å². The second-order valence-corrected chi connectivity index (χ2v) is 13.1. The zero-order chi connectivity index (χ0) is 37.5. The summed E-state index contributed by atoms with van der Waals surface area (Å²) in [5.74, 6) is 1.40. The Balaban J connectivity index is 1.33. The number of alkyl halides is 3. The van der Waals surface area contributed by atoms with Crippen molar-refractivity contribution in [2.75, 3.05) is 0 Å². The van der Waals surface area contributed by atoms with Gasteiger partial charge in [-0.3, -0.25) is 0 Å². The van der Waals surface area contributed by atoms with Gasteiger partial charge in [-0.05, 0) is 76.9 Å². The fourth-order valence-electron chi connectivity index (χ4n) is 7.04. The van der Waals surface area contributed by atoms with E-state index in [4.69, 9.17) is 15.0 Å². The molecule has 0 bridgehead atoms. The maximum atomic E-state index is 13.9. The van der Waals surface area contributed by atoms with Crippen molar-refractivity contribution in [3.63, 3.8) is 0 Å². The van der Waals surface area contributed by atoms with E-state index < -0.39 is 11.7 Å². The summed E-state index contributed by atoms with van der Waals surface area (Å²) in [5.41, 5.74) is 7.63. The standard InChI is InChI=1S/C47H28F3N5/c48-47(49,50)37-15-9-14-34(26-37)36-22-24-39(46-53-44(32-10-3-1-4-11-32)52-45(54-46)33-12-5-2-6-13-33)43(28-36)55-41-17-8-7-16-38(41)40-27-35(23-25-42(40)55)31-20-18-30(29-51)19-21-31/h1-28H. The Bertz CT molecular complexity index is 2850. The first-order valence-corrected chi connectivity index (χ1v) is 17.6. The van der Waals surface area contributed by atoms with E-state index in [0.29, 0.717) is 45.4 Å². The molecule has 0 spiro atoms. The first-order valence-electron chi connectivity index (χ1n) is 17.6. The maximum Gasteiger partial charge on any atom is 0.416 e. The second-order valence-electron chi connectivity index (χ2n) is 13.1. The quantitative estimate of drug-likeness (QED) is 0.172. The molecule has 0 unspecified atom stereocenters. The van der Waals surface area contributed by atoms with E-state index in [1.54, 1.807) is 18.2 Å². The van der Waals surface area contributed by atoms with E-state index in [2.05, 4.69) is 28.8 Å². The van der Waals surface area contributed by atoms with Crippen LogP contribution in [0, 0.1) is 11.3 Å². The third-order valence-electron chi connectivity index (χ3n) is 9.72. The molecule has 0 aliphatic heterocycles. The highest BCUT2D eigenvalue weighted by atomic mass is 19.4. The Kier molecular flexibility index (Phi) is 8.25. The number of aromatic nitrogens is 4. The molecular formula is C47H28F3N5. The first kappa shape index (κ1) is 33.5. The molecule has 0 aliphatic rings. The molecule has 0 saturated carbocycles. The number of benzene rings is 7. The minimum absolute atomic E-state index is 0.415. The van der Waals surface area contributed by atoms with Crippen LogP contribution in [-0.2, 0) is 6.18 Å². The lowest BCUT2D eigenvalue weighted by Crippen LogP contribution is -2.05. The minimum atomic E-state index is -4.50. The van der Waals surface area contributed by atoms with Crippen molar-refractivity contribution in [2.24, 2.45) is 0 Å². The molecule has 8 heteroatoms. The Labute approximate surface area is 314 Å². The number of hydrogen-bond acceptors (Lipinski definition) is 4. The number of nitrogens with zero attached hydrogens (tertiary/aromatic N) is 5. The van der Waals surface area contributed by atoms with Crippen molar-refractivity contribution in [2.45, 2.75) is 6.18 Å². The van der Waals surface area contributed by atoms with Gasteiger partial charge in [-0.1, -0.05) is 115 Å². The van der Waals surface area contributed by atoms with E-state index in [0.717, 1.165) is 50.1 Å². The first-order chi connectivity index (χ1) is 26.8. The maximum absolute atomic E-state index is 13.9. The van der Waals surface area contributed by atoms with Crippen LogP contribution in [0.5, 0.6) is 0 Å². The van der Waals surface area contributed by atoms with Crippen LogP contribution in [0.1, 0.15) is 11.1 Å². The molecule has 9 rings (SSSR count). The molecule has 2 heterocycles. The van der Waals surface area contributed by atoms with E-state index in [-0.39, 0.29) is 0 Å². The highest BCUT2D eigenvalue weighted by Gasteiger charge is 2.30. The number of fused-ring (bicyclic) bond motifs is 3. The lowest BCUT2D eigenvalue weighted by molar-refractivity contribution is -0.137. The molecule has 7 aromatic carbocycles. The number of hydrogen-bond donors (Lipinski definition) is 0. The topological polar surface area (TPSA) is 67.4 Å². The van der Waals surface area contributed by atoms with Crippen LogP contribution >= 0.6 is 0 Å². The summed E-state index contributed by atoms with van der Waals surface area (Å²) in [5, 5.41) is 11.3. The van der Waals surface area contributed by atoms with Gasteiger partial charge in [-0.2, -0.15) is 18.4 Å². The van der Waals surface area contributed by atoms with Gasteiger partial charge in [0.15, 0.2) is 17.5 Å². The van der Waals surface area contributed by atoms with Gasteiger partial charge in [0.05, 0.1) is 33.9 Å². The molecule has 262 valence electrons. The fourth-order valence-corrected chi connectivity index (χ4v) is 7.04. The summed E-state index contributed by atoms with van der Waals surface area (Å²) in [6, 6.07) is 54.3. The molecular weight excluding hydrogens is 692 g/mol. The molecule has 9 aromatic rings. The largest absolute Gasteiger partial charge is 0.416 e. The van der Waals surface area contributed by atoms with Crippen LogP contribution in [0.4, 0.5) is 13.2 Å². The minimum Gasteiger partial charge on any atom is -0.308 e. The van der Waals surface area contributed by atoms with Crippen LogP contribution in [0.15, 0.2) is 170 Å². The smallest absolute Gasteiger partial charge is 0.308 e. The van der Waals surface area contributed by atoms with Crippen LogP contribution in [-0.4, -0.2) is 19.5 Å². The highest BCUT2D eigenvalue weighted by Crippen LogP contribution is 2.40. The van der Waals surface area contributed by atoms with Crippen molar-refractivity contribution >= 4 is 21.8 Å². The molecule has 5 nitrogen and oxygen atoms in total. The van der Waals surface area contributed by atoms with Crippen molar-refractivity contribution in [1.29, 1.82) is 5.26 Å². The Morgan fingerprint density at radius 3 is 1.67 bits per heavy atom. The van der Waals surface area contributed by atoms with E-state index in [1.165, 1.54) is 12.1 Å². The van der Waals surface area contributed by atoms with Crippen molar-refractivity contribution < 1.29 is 13.2 Å². The van der Waals surface area contributed by atoms with Gasteiger partial charge in [0, 0.05) is 27.5 Å². The van der Waals surface area contributed by atoms with Gasteiger partial charge < -0.3 is 4.57 Å². The van der Waals surface area contributed by atoms with Crippen LogP contribution in [0.25, 0.3) is 83.9 Å². The molecule has 0 amide bonds. The van der Waals surface area contributed by atoms with Gasteiger partial charge in [0.25, 0.3) is 0 Å². The molecule has 0 saturated heterocycles. The lowest BCUT2D eigenvalue weighted by Gasteiger charge is -2.17. The normalized spacial score (nSPS) is 11.5. The number of rotatable bonds is 6. The van der Waals surface area contributed by atoms with E-state index in [1.807, 2.05) is 115 Å². The van der Waals surface area contributed by atoms with Gasteiger partial charge in [-0.25, -0.2) is 15.0 Å². The van der Waals surface area contributed by atoms with Gasteiger partial charge >= 0.3 is 6.18 Å². The Hall–Kier alpha value is -7.37. The third-order valence-corrected chi connectivity index (χ3v) is 9.72. The predicted molar refractivity (Wildman–Crippen MR) is 211 cm³/mol. The SMILES string of the molecule is N#Cc1ccc(-c2ccc3c(c2)c2ccccc2n3-c2cc(-c3cccc(C(F)(F)F)c3)ccc2-c2nc(-c3ccccc3)nc(-c3ccccc3)n2)cc1. The highest BCUT2D eigenvalue weighted by molar-refractivity contribution is 6.11. The monoisotopic (exact) mass is 719 g/mol. The zero-order valence-electron chi connectivity index (χ0n) is 29.0. The van der Waals surface area contributed by atoms with Crippen molar-refractivity contribution in [3.8, 4) is 68.2 Å². The molecule has 0 aliphatic carbocycles. The average Bonchev–Trinajstić information content (AvgIpc) is 3.57. The molecule has 0 fully saturated rings. The Morgan fingerprint density at radius 1 is 0.455 bits per heavy atom. The summed E-state index contributed by atoms with van der Waals surface area (Å²) >= 11 is 0. The second kappa shape index (κ2) is 13.6. The predicted octanol–water partition coefficient (Wildman–Crippen LogP) is 12.2. The molecule has 0 radical (unpaired) electrons. The average molecular weight is 720 g/mol. The summed E-state index contributed by atoms with van der Waals surface area (Å²) in [6.45, 7) is 0. The number of nitriles is 1. The third kappa shape index (κ3) is 6.28. The van der Waals surface area contributed by atoms with E-state index in [9.17, 15) is 18.4 Å². The molecule has 0 atom stereocenters. The van der Waals surface area contributed by atoms with Crippen LogP contribution in [0.2, 0.25) is 0 Å². The van der Waals surface area contributed by atoms with Gasteiger partial charge in [0.2, 0.25) is 0 Å². The molecule has 0 N–H and O–H groups in total. The van der Waals surface area contributed by atoms with E-state index >= 15 is 0 Å². The number of para-hydroxylation sites is 1. The summed E-state index contributed by atoms with van der Waals surface area (Å²) < 4.78 is 43.9. The van der Waals surface area contributed by atoms with Crippen LogP contribution in [0.3, 0.4) is 0 Å². The summed E-state index contributed by atoms with van der Waals surface area (Å²) in [7, 11) is 0. The van der Waals surface area contributed by atoms with Crippen molar-refractivity contribution in [3.05, 3.63) is 181 Å². The van der Waals surface area contributed by atoms with Crippen molar-refractivity contribution in [1.82, 2.24) is 19.5 Å². The molecule has 55 heavy (non-hydrogen) atoms. The van der Waals surface area contributed by atoms with Gasteiger partial charge in [0.1, 0.15) is 0 Å². The fraction of sp³-hybridized carbons (Fsp3) is 0.0213. The number of halogens is 3. The zero-order valence-corrected chi connectivity index (χ0v) is 29.0. The lowest BCUT2D eigenvalue weighted by atomic mass is 9.99. The summed E-state index contributed by atoms with van der Waals surface area (Å²) in [6.07, 6.45) is -4.50.